The molecule has 166 valence electrons. The molecule has 1 aromatic carbocycles. The number of piperidine rings is 1. The molecule has 3 fully saturated rings. The SMILES string of the molecule is CO[C@]12C=CC3(C[C@@H]1C(C)(C)O)[C@H]1Cc4ccc(O)c5c4C3(CCN1CC1CC1)[C@H]2O5. The number of benzene rings is 1. The minimum atomic E-state index is -0.897. The summed E-state index contributed by atoms with van der Waals surface area (Å²) in [4.78, 5) is 2.75. The van der Waals surface area contributed by atoms with E-state index >= 15 is 0 Å². The first-order valence-corrected chi connectivity index (χ1v) is 12.0. The van der Waals surface area contributed by atoms with E-state index in [2.05, 4.69) is 23.1 Å². The monoisotopic (exact) mass is 423 g/mol. The molecule has 2 unspecified atom stereocenters. The molecule has 2 N–H and O–H groups in total. The molecule has 0 amide bonds. The highest BCUT2D eigenvalue weighted by atomic mass is 16.6. The zero-order chi connectivity index (χ0) is 21.4. The van der Waals surface area contributed by atoms with Crippen LogP contribution < -0.4 is 4.74 Å². The summed E-state index contributed by atoms with van der Waals surface area (Å²) in [7, 11) is 1.76. The summed E-state index contributed by atoms with van der Waals surface area (Å²) in [5.41, 5.74) is 0.654. The Labute approximate surface area is 184 Å². The molecule has 0 aromatic heterocycles. The van der Waals surface area contributed by atoms with Crippen molar-refractivity contribution >= 4 is 0 Å². The normalized spacial score (nSPS) is 44.3. The van der Waals surface area contributed by atoms with Crippen molar-refractivity contribution in [2.45, 2.75) is 74.7 Å². The topological polar surface area (TPSA) is 62.2 Å². The lowest BCUT2D eigenvalue weighted by atomic mass is 9.36. The number of aliphatic hydroxyl groups is 1. The molecule has 2 spiro atoms. The van der Waals surface area contributed by atoms with E-state index in [9.17, 15) is 10.2 Å². The van der Waals surface area contributed by atoms with Gasteiger partial charge in [-0.2, -0.15) is 0 Å². The van der Waals surface area contributed by atoms with Crippen LogP contribution in [-0.4, -0.2) is 58.7 Å². The van der Waals surface area contributed by atoms with Gasteiger partial charge < -0.3 is 19.7 Å². The van der Waals surface area contributed by atoms with E-state index in [1.54, 1.807) is 7.11 Å². The minimum Gasteiger partial charge on any atom is -0.504 e. The predicted molar refractivity (Wildman–Crippen MR) is 116 cm³/mol. The third-order valence-corrected chi connectivity index (χ3v) is 9.96. The van der Waals surface area contributed by atoms with Crippen molar-refractivity contribution in [2.75, 3.05) is 20.2 Å². The van der Waals surface area contributed by atoms with Crippen molar-refractivity contribution in [1.29, 1.82) is 0 Å². The second-order valence-corrected chi connectivity index (χ2v) is 11.7. The summed E-state index contributed by atoms with van der Waals surface area (Å²) < 4.78 is 13.1. The molecule has 2 aliphatic heterocycles. The summed E-state index contributed by atoms with van der Waals surface area (Å²) >= 11 is 0. The fourth-order valence-corrected chi connectivity index (χ4v) is 8.58. The second-order valence-electron chi connectivity index (χ2n) is 11.7. The maximum atomic E-state index is 11.3. The van der Waals surface area contributed by atoms with Crippen LogP contribution in [0.3, 0.4) is 0 Å². The Morgan fingerprint density at radius 3 is 2.77 bits per heavy atom. The average molecular weight is 424 g/mol. The molecule has 1 saturated heterocycles. The molecule has 31 heavy (non-hydrogen) atoms. The van der Waals surface area contributed by atoms with Gasteiger partial charge in [0.15, 0.2) is 11.5 Å². The van der Waals surface area contributed by atoms with Gasteiger partial charge in [-0.3, -0.25) is 4.90 Å². The number of fused-ring (bicyclic) bond motifs is 1. The summed E-state index contributed by atoms with van der Waals surface area (Å²) in [5.74, 6) is 1.68. The highest BCUT2D eigenvalue weighted by Crippen LogP contribution is 2.75. The highest BCUT2D eigenvalue weighted by molar-refractivity contribution is 5.65. The molecular weight excluding hydrogens is 390 g/mol. The maximum absolute atomic E-state index is 11.3. The van der Waals surface area contributed by atoms with Gasteiger partial charge >= 0.3 is 0 Å². The van der Waals surface area contributed by atoms with Crippen LogP contribution in [0, 0.1) is 17.3 Å². The van der Waals surface area contributed by atoms with Crippen LogP contribution in [0.5, 0.6) is 11.5 Å². The summed E-state index contributed by atoms with van der Waals surface area (Å²) in [5, 5.41) is 22.1. The number of hydrogen-bond acceptors (Lipinski definition) is 5. The molecule has 5 heteroatoms. The lowest BCUT2D eigenvalue weighted by Crippen LogP contribution is -2.80. The smallest absolute Gasteiger partial charge is 0.165 e. The van der Waals surface area contributed by atoms with E-state index in [0.717, 1.165) is 31.7 Å². The number of aromatic hydroxyl groups is 1. The lowest BCUT2D eigenvalue weighted by Gasteiger charge is -2.72. The molecule has 7 aliphatic rings. The molecule has 8 rings (SSSR count). The van der Waals surface area contributed by atoms with E-state index in [-0.39, 0.29) is 28.6 Å². The first-order valence-electron chi connectivity index (χ1n) is 12.0. The van der Waals surface area contributed by atoms with E-state index in [4.69, 9.17) is 9.47 Å². The first-order chi connectivity index (χ1) is 14.8. The van der Waals surface area contributed by atoms with Gasteiger partial charge in [-0.15, -0.1) is 0 Å². The zero-order valence-electron chi connectivity index (χ0n) is 18.7. The van der Waals surface area contributed by atoms with E-state index < -0.39 is 11.2 Å². The van der Waals surface area contributed by atoms with Crippen molar-refractivity contribution in [3.63, 3.8) is 0 Å². The molecule has 5 aliphatic carbocycles. The van der Waals surface area contributed by atoms with Crippen molar-refractivity contribution in [2.24, 2.45) is 17.3 Å². The fraction of sp³-hybridized carbons (Fsp3) is 0.692. The van der Waals surface area contributed by atoms with Crippen LogP contribution in [0.15, 0.2) is 24.3 Å². The quantitative estimate of drug-likeness (QED) is 0.729. The fourth-order valence-electron chi connectivity index (χ4n) is 8.58. The number of phenolic OH excluding ortho intramolecular Hbond substituents is 1. The second kappa shape index (κ2) is 5.49. The van der Waals surface area contributed by atoms with Gasteiger partial charge in [0.05, 0.1) is 11.0 Å². The maximum Gasteiger partial charge on any atom is 0.165 e. The number of rotatable bonds is 4. The van der Waals surface area contributed by atoms with Crippen LogP contribution in [-0.2, 0) is 16.6 Å². The standard InChI is InChI=1S/C26H33NO4/c1-23(2,29)18-13-24-8-9-26(18,30-3)22-25(24)10-11-27(14-15-4-5-15)19(24)12-16-6-7-17(28)21(31-22)20(16)25/h6-9,15,18-19,22,28-29H,4-5,10-14H2,1-3H3/t18-,19-,22-,24?,25?,26-/m1/s1. The Bertz CT molecular complexity index is 1010. The van der Waals surface area contributed by atoms with Crippen LogP contribution in [0.1, 0.15) is 50.7 Å². The van der Waals surface area contributed by atoms with Gasteiger partial charge in [0.25, 0.3) is 0 Å². The number of methoxy groups -OCH3 is 1. The molecule has 4 bridgehead atoms. The predicted octanol–water partition coefficient (Wildman–Crippen LogP) is 3.16. The van der Waals surface area contributed by atoms with Crippen LogP contribution in [0.2, 0.25) is 0 Å². The largest absolute Gasteiger partial charge is 0.504 e. The van der Waals surface area contributed by atoms with Crippen LogP contribution in [0.25, 0.3) is 0 Å². The van der Waals surface area contributed by atoms with Gasteiger partial charge in [-0.1, -0.05) is 18.2 Å². The number of ether oxygens (including phenoxy) is 2. The summed E-state index contributed by atoms with van der Waals surface area (Å²) in [6.07, 6.45) is 10.0. The number of likely N-dealkylation sites (tertiary alicyclic amines) is 1. The van der Waals surface area contributed by atoms with Crippen molar-refractivity contribution in [3.05, 3.63) is 35.4 Å². The Morgan fingerprint density at radius 2 is 2.06 bits per heavy atom. The third-order valence-electron chi connectivity index (χ3n) is 9.96. The van der Waals surface area contributed by atoms with Gasteiger partial charge in [-0.25, -0.2) is 0 Å². The lowest BCUT2D eigenvalue weighted by molar-refractivity contribution is -0.245. The molecule has 0 radical (unpaired) electrons. The van der Waals surface area contributed by atoms with E-state index in [1.807, 2.05) is 19.9 Å². The van der Waals surface area contributed by atoms with Gasteiger partial charge in [0.2, 0.25) is 0 Å². The van der Waals surface area contributed by atoms with E-state index in [1.165, 1.54) is 30.5 Å². The summed E-state index contributed by atoms with van der Waals surface area (Å²) in [6, 6.07) is 4.33. The molecule has 1 aromatic rings. The Morgan fingerprint density at radius 1 is 1.26 bits per heavy atom. The van der Waals surface area contributed by atoms with Crippen molar-refractivity contribution in [3.8, 4) is 11.5 Å². The Hall–Kier alpha value is -1.56. The Balaban J connectivity index is 1.51. The first kappa shape index (κ1) is 19.0. The molecular formula is C26H33NO4. The number of hydrogen-bond donors (Lipinski definition) is 2. The number of phenols is 1. The van der Waals surface area contributed by atoms with Crippen LogP contribution >= 0.6 is 0 Å². The molecule has 2 saturated carbocycles. The average Bonchev–Trinajstić information content (AvgIpc) is 3.47. The molecule has 6 atom stereocenters. The van der Waals surface area contributed by atoms with Crippen LogP contribution in [0.4, 0.5) is 0 Å². The minimum absolute atomic E-state index is 0.0745. The Kier molecular flexibility index (Phi) is 3.36. The van der Waals surface area contributed by atoms with Gasteiger partial charge in [0.1, 0.15) is 11.7 Å². The van der Waals surface area contributed by atoms with Crippen molar-refractivity contribution in [1.82, 2.24) is 4.90 Å². The zero-order valence-corrected chi connectivity index (χ0v) is 18.7. The van der Waals surface area contributed by atoms with E-state index in [0.29, 0.717) is 11.8 Å². The van der Waals surface area contributed by atoms with Gasteiger partial charge in [-0.05, 0) is 70.0 Å². The molecule has 2 heterocycles. The third kappa shape index (κ3) is 1.97. The van der Waals surface area contributed by atoms with Crippen molar-refractivity contribution < 1.29 is 19.7 Å². The summed E-state index contributed by atoms with van der Waals surface area (Å²) in [6.45, 7) is 6.09. The highest BCUT2D eigenvalue weighted by Gasteiger charge is 2.80. The molecule has 5 nitrogen and oxygen atoms in total. The van der Waals surface area contributed by atoms with Gasteiger partial charge in [0, 0.05) is 36.6 Å². The number of nitrogens with zero attached hydrogens (tertiary/aromatic N) is 1.